The maximum atomic E-state index is 12.5. The zero-order chi connectivity index (χ0) is 21.2. The number of rotatable bonds is 8. The third-order valence-electron chi connectivity index (χ3n) is 4.77. The van der Waals surface area contributed by atoms with Crippen LogP contribution in [-0.4, -0.2) is 66.6 Å². The van der Waals surface area contributed by atoms with E-state index in [9.17, 15) is 14.4 Å². The number of ether oxygens (including phenoxy) is 1. The van der Waals surface area contributed by atoms with Gasteiger partial charge in [0.2, 0.25) is 11.8 Å². The number of hydrogen-bond acceptors (Lipinski definition) is 6. The number of esters is 1. The minimum atomic E-state index is -0.281. The van der Waals surface area contributed by atoms with Gasteiger partial charge in [-0.1, -0.05) is 12.1 Å². The van der Waals surface area contributed by atoms with Crippen LogP contribution in [-0.2, 0) is 24.9 Å². The number of likely N-dealkylation sites (N-methyl/N-ethyl adjacent to an activating group) is 1. The van der Waals surface area contributed by atoms with E-state index in [2.05, 4.69) is 6.07 Å². The van der Waals surface area contributed by atoms with Crippen molar-refractivity contribution in [2.45, 2.75) is 25.5 Å². The minimum Gasteiger partial charge on any atom is -0.466 e. The van der Waals surface area contributed by atoms with Crippen molar-refractivity contribution in [2.75, 3.05) is 39.0 Å². The average molecular weight is 418 g/mol. The molecule has 1 unspecified atom stereocenters. The molecule has 2 rings (SSSR count). The molecule has 156 valence electrons. The van der Waals surface area contributed by atoms with Gasteiger partial charge in [-0.3, -0.25) is 14.4 Å². The van der Waals surface area contributed by atoms with Crippen molar-refractivity contribution in [3.05, 3.63) is 35.4 Å². The molecule has 1 fully saturated rings. The van der Waals surface area contributed by atoms with E-state index in [4.69, 9.17) is 10.00 Å². The highest BCUT2D eigenvalue weighted by molar-refractivity contribution is 7.99. The van der Waals surface area contributed by atoms with Crippen LogP contribution in [0.2, 0.25) is 0 Å². The smallest absolute Gasteiger partial charge is 0.310 e. The molecule has 1 aromatic rings. The molecule has 1 saturated heterocycles. The van der Waals surface area contributed by atoms with Crippen LogP contribution in [0, 0.1) is 17.2 Å². The number of thioether (sulfide) groups is 1. The number of carbonyl (C=O) groups is 3. The molecule has 2 amide bonds. The fourth-order valence-corrected chi connectivity index (χ4v) is 4.01. The Morgan fingerprint density at radius 3 is 2.69 bits per heavy atom. The topological polar surface area (TPSA) is 90.7 Å². The Labute approximate surface area is 176 Å². The highest BCUT2D eigenvalue weighted by atomic mass is 32.2. The Morgan fingerprint density at radius 2 is 2.03 bits per heavy atom. The standard InChI is InChI=1S/C21H27N3O4S/c1-3-28-21(27)18-5-4-10-24(12-18)19(25)13-23(2)20(26)15-29-14-17-8-6-16(11-22)7-9-17/h6-9,18H,3-5,10,12-15H2,1-2H3. The van der Waals surface area contributed by atoms with Crippen molar-refractivity contribution >= 4 is 29.5 Å². The lowest BCUT2D eigenvalue weighted by Crippen LogP contribution is -2.47. The van der Waals surface area contributed by atoms with Crippen LogP contribution < -0.4 is 0 Å². The third-order valence-corrected chi connectivity index (χ3v) is 5.76. The maximum Gasteiger partial charge on any atom is 0.310 e. The van der Waals surface area contributed by atoms with Crippen molar-refractivity contribution in [2.24, 2.45) is 5.92 Å². The second-order valence-corrected chi connectivity index (χ2v) is 7.97. The lowest BCUT2D eigenvalue weighted by molar-refractivity contribution is -0.152. The summed E-state index contributed by atoms with van der Waals surface area (Å²) in [5.41, 5.74) is 1.65. The van der Waals surface area contributed by atoms with Crippen LogP contribution in [0.25, 0.3) is 0 Å². The van der Waals surface area contributed by atoms with Gasteiger partial charge < -0.3 is 14.5 Å². The van der Waals surface area contributed by atoms with Crippen LogP contribution in [0.15, 0.2) is 24.3 Å². The largest absolute Gasteiger partial charge is 0.466 e. The molecule has 1 aliphatic rings. The van der Waals surface area contributed by atoms with Gasteiger partial charge in [-0.25, -0.2) is 0 Å². The van der Waals surface area contributed by atoms with E-state index in [1.807, 2.05) is 12.1 Å². The van der Waals surface area contributed by atoms with Crippen LogP contribution in [0.4, 0.5) is 0 Å². The molecule has 0 spiro atoms. The molecule has 1 aliphatic heterocycles. The first-order valence-corrected chi connectivity index (χ1v) is 10.8. The molecule has 1 atom stereocenters. The van der Waals surface area contributed by atoms with E-state index in [0.717, 1.165) is 18.4 Å². The molecule has 0 aromatic heterocycles. The maximum absolute atomic E-state index is 12.5. The van der Waals surface area contributed by atoms with Gasteiger partial charge in [0.25, 0.3) is 0 Å². The third kappa shape index (κ3) is 7.09. The molecule has 0 aliphatic carbocycles. The number of amides is 2. The summed E-state index contributed by atoms with van der Waals surface area (Å²) in [7, 11) is 1.62. The molecule has 0 saturated carbocycles. The number of piperidine rings is 1. The Morgan fingerprint density at radius 1 is 1.31 bits per heavy atom. The summed E-state index contributed by atoms with van der Waals surface area (Å²) >= 11 is 1.47. The number of nitriles is 1. The number of nitrogens with zero attached hydrogens (tertiary/aromatic N) is 3. The molecule has 0 radical (unpaired) electrons. The first kappa shape index (κ1) is 22.8. The average Bonchev–Trinajstić information content (AvgIpc) is 2.74. The SMILES string of the molecule is CCOC(=O)C1CCCN(C(=O)CN(C)C(=O)CSCc2ccc(C#N)cc2)C1. The summed E-state index contributed by atoms with van der Waals surface area (Å²) < 4.78 is 5.06. The fourth-order valence-electron chi connectivity index (χ4n) is 3.09. The van der Waals surface area contributed by atoms with Crippen LogP contribution in [0.3, 0.4) is 0 Å². The van der Waals surface area contributed by atoms with E-state index in [-0.39, 0.29) is 36.0 Å². The Hall–Kier alpha value is -2.53. The highest BCUT2D eigenvalue weighted by Crippen LogP contribution is 2.18. The van der Waals surface area contributed by atoms with Gasteiger partial charge in [-0.2, -0.15) is 5.26 Å². The number of benzene rings is 1. The number of likely N-dealkylation sites (tertiary alicyclic amines) is 1. The zero-order valence-corrected chi connectivity index (χ0v) is 17.7. The molecular formula is C21H27N3O4S. The Bertz CT molecular complexity index is 760. The number of hydrogen-bond donors (Lipinski definition) is 0. The van der Waals surface area contributed by atoms with Gasteiger partial charge in [-0.15, -0.1) is 11.8 Å². The first-order valence-electron chi connectivity index (χ1n) is 9.69. The van der Waals surface area contributed by atoms with Crippen molar-refractivity contribution in [3.8, 4) is 6.07 Å². The zero-order valence-electron chi connectivity index (χ0n) is 16.9. The molecule has 8 heteroatoms. The predicted molar refractivity (Wildman–Crippen MR) is 111 cm³/mol. The summed E-state index contributed by atoms with van der Waals surface area (Å²) in [6.45, 7) is 3.06. The molecule has 0 bridgehead atoms. The predicted octanol–water partition coefficient (Wildman–Crippen LogP) is 2.05. The lowest BCUT2D eigenvalue weighted by atomic mass is 9.98. The molecule has 0 N–H and O–H groups in total. The molecule has 29 heavy (non-hydrogen) atoms. The van der Waals surface area contributed by atoms with Crippen LogP contribution in [0.5, 0.6) is 0 Å². The van der Waals surface area contributed by atoms with Gasteiger partial charge >= 0.3 is 5.97 Å². The van der Waals surface area contributed by atoms with Gasteiger partial charge in [0, 0.05) is 25.9 Å². The van der Waals surface area contributed by atoms with Gasteiger partial charge in [0.1, 0.15) is 0 Å². The summed E-state index contributed by atoms with van der Waals surface area (Å²) in [6, 6.07) is 9.33. The van der Waals surface area contributed by atoms with Crippen LogP contribution in [0.1, 0.15) is 30.9 Å². The van der Waals surface area contributed by atoms with Crippen molar-refractivity contribution in [1.82, 2.24) is 9.80 Å². The first-order chi connectivity index (χ1) is 13.9. The molecular weight excluding hydrogens is 390 g/mol. The summed E-state index contributed by atoms with van der Waals surface area (Å²) in [4.78, 5) is 39.9. The van der Waals surface area contributed by atoms with E-state index in [1.54, 1.807) is 31.0 Å². The van der Waals surface area contributed by atoms with Crippen molar-refractivity contribution in [3.63, 3.8) is 0 Å². The second kappa shape index (κ2) is 11.5. The number of carbonyl (C=O) groups excluding carboxylic acids is 3. The Kier molecular flexibility index (Phi) is 9.00. The van der Waals surface area contributed by atoms with Gasteiger partial charge in [0.15, 0.2) is 0 Å². The molecule has 7 nitrogen and oxygen atoms in total. The Balaban J connectivity index is 1.75. The van der Waals surface area contributed by atoms with Crippen LogP contribution >= 0.6 is 11.8 Å². The van der Waals surface area contributed by atoms with E-state index < -0.39 is 0 Å². The van der Waals surface area contributed by atoms with Crippen molar-refractivity contribution < 1.29 is 19.1 Å². The quantitative estimate of drug-likeness (QED) is 0.601. The van der Waals surface area contributed by atoms with Crippen molar-refractivity contribution in [1.29, 1.82) is 5.26 Å². The fraction of sp³-hybridized carbons (Fsp3) is 0.524. The van der Waals surface area contributed by atoms with E-state index in [0.29, 0.717) is 31.0 Å². The highest BCUT2D eigenvalue weighted by Gasteiger charge is 2.30. The molecule has 1 heterocycles. The summed E-state index contributed by atoms with van der Waals surface area (Å²) in [5, 5.41) is 8.81. The normalized spacial score (nSPS) is 16.0. The van der Waals surface area contributed by atoms with E-state index in [1.165, 1.54) is 16.7 Å². The second-order valence-electron chi connectivity index (χ2n) is 6.98. The monoisotopic (exact) mass is 417 g/mol. The lowest BCUT2D eigenvalue weighted by Gasteiger charge is -2.32. The summed E-state index contributed by atoms with van der Waals surface area (Å²) in [6.07, 6.45) is 1.48. The van der Waals surface area contributed by atoms with Gasteiger partial charge in [-0.05, 0) is 37.5 Å². The van der Waals surface area contributed by atoms with Gasteiger partial charge in [0.05, 0.1) is 36.5 Å². The summed E-state index contributed by atoms with van der Waals surface area (Å²) in [5.74, 6) is 0.134. The minimum absolute atomic E-state index is 0.00576. The van der Waals surface area contributed by atoms with E-state index >= 15 is 0 Å². The molecule has 1 aromatic carbocycles.